The van der Waals surface area contributed by atoms with Crippen LogP contribution in [0.2, 0.25) is 0 Å². The molecule has 0 aliphatic carbocycles. The molecule has 2 aromatic heterocycles. The molecule has 1 unspecified atom stereocenters. The Hall–Kier alpha value is -1.13. The molecule has 2 rings (SSSR count). The molecule has 3 nitrogen and oxygen atoms in total. The minimum absolute atomic E-state index is 0.350. The van der Waals surface area contributed by atoms with Gasteiger partial charge in [-0.25, -0.2) is 4.98 Å². The second-order valence-corrected chi connectivity index (χ2v) is 4.53. The van der Waals surface area contributed by atoms with Crippen LogP contribution in [0.3, 0.4) is 0 Å². The molecule has 0 amide bonds. The van der Waals surface area contributed by atoms with Crippen LogP contribution in [0, 0.1) is 6.92 Å². The smallest absolute Gasteiger partial charge is 0.127 e. The largest absolute Gasteiger partial charge is 0.469 e. The van der Waals surface area contributed by atoms with Gasteiger partial charge in [0.1, 0.15) is 10.8 Å². The summed E-state index contributed by atoms with van der Waals surface area (Å²) in [6, 6.07) is 2.31. The van der Waals surface area contributed by atoms with Crippen molar-refractivity contribution >= 4 is 11.3 Å². The van der Waals surface area contributed by atoms with E-state index in [4.69, 9.17) is 4.42 Å². The van der Waals surface area contributed by atoms with Crippen LogP contribution in [0.5, 0.6) is 0 Å². The standard InChI is InChI=1S/C11H14N2OS/c1-7(12-3)10-6-13-11(15-10)9-4-5-14-8(9)2/h4-7,12H,1-3H3. The molecule has 80 valence electrons. The Morgan fingerprint density at radius 1 is 1.53 bits per heavy atom. The van der Waals surface area contributed by atoms with E-state index in [0.717, 1.165) is 16.3 Å². The highest BCUT2D eigenvalue weighted by Gasteiger charge is 2.12. The number of nitrogens with one attached hydrogen (secondary N) is 1. The molecular formula is C11H14N2OS. The van der Waals surface area contributed by atoms with Crippen molar-refractivity contribution in [1.29, 1.82) is 0 Å². The Morgan fingerprint density at radius 3 is 2.93 bits per heavy atom. The van der Waals surface area contributed by atoms with Crippen molar-refractivity contribution in [1.82, 2.24) is 10.3 Å². The third-order valence-electron chi connectivity index (χ3n) is 2.47. The summed E-state index contributed by atoms with van der Waals surface area (Å²) in [7, 11) is 1.95. The van der Waals surface area contributed by atoms with E-state index in [1.165, 1.54) is 4.88 Å². The summed E-state index contributed by atoms with van der Waals surface area (Å²) in [6.45, 7) is 4.08. The molecule has 15 heavy (non-hydrogen) atoms. The van der Waals surface area contributed by atoms with E-state index in [1.807, 2.05) is 26.2 Å². The fraction of sp³-hybridized carbons (Fsp3) is 0.364. The zero-order valence-corrected chi connectivity index (χ0v) is 9.89. The van der Waals surface area contributed by atoms with Crippen molar-refractivity contribution in [3.63, 3.8) is 0 Å². The lowest BCUT2D eigenvalue weighted by Gasteiger charge is -2.04. The van der Waals surface area contributed by atoms with Gasteiger partial charge in [-0.3, -0.25) is 0 Å². The Bertz CT molecular complexity index is 447. The average molecular weight is 222 g/mol. The van der Waals surface area contributed by atoms with E-state index in [9.17, 15) is 0 Å². The predicted molar refractivity (Wildman–Crippen MR) is 62.0 cm³/mol. The van der Waals surface area contributed by atoms with Gasteiger partial charge in [0.25, 0.3) is 0 Å². The molecule has 0 saturated carbocycles. The van der Waals surface area contributed by atoms with Crippen LogP contribution in [0.25, 0.3) is 10.6 Å². The van der Waals surface area contributed by atoms with E-state index in [-0.39, 0.29) is 0 Å². The van der Waals surface area contributed by atoms with Gasteiger partial charge in [0, 0.05) is 17.1 Å². The number of rotatable bonds is 3. The summed E-state index contributed by atoms with van der Waals surface area (Å²) in [5.41, 5.74) is 1.09. The fourth-order valence-corrected chi connectivity index (χ4v) is 2.41. The Balaban J connectivity index is 2.32. The van der Waals surface area contributed by atoms with Gasteiger partial charge in [-0.15, -0.1) is 11.3 Å². The van der Waals surface area contributed by atoms with Crippen molar-refractivity contribution in [2.75, 3.05) is 7.05 Å². The number of aryl methyl sites for hydroxylation is 1. The van der Waals surface area contributed by atoms with Crippen LogP contribution >= 0.6 is 11.3 Å². The normalized spacial score (nSPS) is 13.0. The second kappa shape index (κ2) is 4.16. The quantitative estimate of drug-likeness (QED) is 0.867. The number of hydrogen-bond acceptors (Lipinski definition) is 4. The first-order valence-corrected chi connectivity index (χ1v) is 5.71. The van der Waals surface area contributed by atoms with Gasteiger partial charge in [0.05, 0.1) is 11.8 Å². The molecule has 0 spiro atoms. The van der Waals surface area contributed by atoms with Gasteiger partial charge >= 0.3 is 0 Å². The van der Waals surface area contributed by atoms with E-state index in [1.54, 1.807) is 17.6 Å². The van der Waals surface area contributed by atoms with Crippen LogP contribution < -0.4 is 5.32 Å². The summed E-state index contributed by atoms with van der Waals surface area (Å²) in [6.07, 6.45) is 3.63. The zero-order chi connectivity index (χ0) is 10.8. The second-order valence-electron chi connectivity index (χ2n) is 3.47. The third-order valence-corrected chi connectivity index (χ3v) is 3.69. The lowest BCUT2D eigenvalue weighted by molar-refractivity contribution is 0.535. The number of thiazole rings is 1. The highest BCUT2D eigenvalue weighted by Crippen LogP contribution is 2.30. The average Bonchev–Trinajstić information content (AvgIpc) is 2.84. The summed E-state index contributed by atoms with van der Waals surface area (Å²) in [5.74, 6) is 0.924. The van der Waals surface area contributed by atoms with E-state index < -0.39 is 0 Å². The summed E-state index contributed by atoms with van der Waals surface area (Å²) >= 11 is 1.70. The number of furan rings is 1. The van der Waals surface area contributed by atoms with Crippen molar-refractivity contribution in [2.45, 2.75) is 19.9 Å². The van der Waals surface area contributed by atoms with Gasteiger partial charge in [-0.2, -0.15) is 0 Å². The minimum Gasteiger partial charge on any atom is -0.469 e. The van der Waals surface area contributed by atoms with Crippen molar-refractivity contribution in [3.05, 3.63) is 29.2 Å². The molecule has 0 aliphatic heterocycles. The highest BCUT2D eigenvalue weighted by atomic mass is 32.1. The molecule has 0 saturated heterocycles. The Kier molecular flexibility index (Phi) is 2.88. The number of aromatic nitrogens is 1. The number of hydrogen-bond donors (Lipinski definition) is 1. The van der Waals surface area contributed by atoms with Gasteiger partial charge < -0.3 is 9.73 Å². The molecule has 2 heterocycles. The minimum atomic E-state index is 0.350. The van der Waals surface area contributed by atoms with E-state index in [0.29, 0.717) is 6.04 Å². The fourth-order valence-electron chi connectivity index (χ4n) is 1.36. The zero-order valence-electron chi connectivity index (χ0n) is 9.07. The molecule has 0 radical (unpaired) electrons. The molecule has 0 aromatic carbocycles. The maximum atomic E-state index is 5.27. The maximum Gasteiger partial charge on any atom is 0.127 e. The van der Waals surface area contributed by atoms with E-state index >= 15 is 0 Å². The van der Waals surface area contributed by atoms with Crippen LogP contribution in [0.15, 0.2) is 22.9 Å². The summed E-state index contributed by atoms with van der Waals surface area (Å²) in [4.78, 5) is 5.65. The molecule has 1 atom stereocenters. The topological polar surface area (TPSA) is 38.1 Å². The molecule has 1 N–H and O–H groups in total. The number of nitrogens with zero attached hydrogens (tertiary/aromatic N) is 1. The molecule has 0 fully saturated rings. The highest BCUT2D eigenvalue weighted by molar-refractivity contribution is 7.15. The first-order valence-electron chi connectivity index (χ1n) is 4.90. The molecule has 0 bridgehead atoms. The van der Waals surface area contributed by atoms with Crippen LogP contribution in [0.1, 0.15) is 23.6 Å². The Morgan fingerprint density at radius 2 is 2.33 bits per heavy atom. The van der Waals surface area contributed by atoms with Crippen LogP contribution in [-0.2, 0) is 0 Å². The maximum absolute atomic E-state index is 5.27. The van der Waals surface area contributed by atoms with E-state index in [2.05, 4.69) is 17.2 Å². The lowest BCUT2D eigenvalue weighted by atomic mass is 10.3. The van der Waals surface area contributed by atoms with Gasteiger partial charge in [-0.05, 0) is 27.0 Å². The van der Waals surface area contributed by atoms with Gasteiger partial charge in [0.2, 0.25) is 0 Å². The third kappa shape index (κ3) is 1.96. The van der Waals surface area contributed by atoms with Crippen molar-refractivity contribution in [3.8, 4) is 10.6 Å². The first-order chi connectivity index (χ1) is 7.22. The van der Waals surface area contributed by atoms with Gasteiger partial charge in [0.15, 0.2) is 0 Å². The molecule has 0 aliphatic rings. The summed E-state index contributed by atoms with van der Waals surface area (Å²) < 4.78 is 5.27. The molecule has 4 heteroatoms. The lowest BCUT2D eigenvalue weighted by Crippen LogP contribution is -2.10. The van der Waals surface area contributed by atoms with Crippen molar-refractivity contribution in [2.24, 2.45) is 0 Å². The summed E-state index contributed by atoms with van der Waals surface area (Å²) in [5, 5.41) is 4.23. The molecule has 2 aromatic rings. The van der Waals surface area contributed by atoms with Crippen LogP contribution in [-0.4, -0.2) is 12.0 Å². The van der Waals surface area contributed by atoms with Gasteiger partial charge in [-0.1, -0.05) is 0 Å². The predicted octanol–water partition coefficient (Wildman–Crippen LogP) is 2.99. The SMILES string of the molecule is CNC(C)c1cnc(-c2ccoc2C)s1. The molecular weight excluding hydrogens is 208 g/mol. The monoisotopic (exact) mass is 222 g/mol. The first kappa shape index (κ1) is 10.4. The van der Waals surface area contributed by atoms with Crippen molar-refractivity contribution < 1.29 is 4.42 Å². The Labute approximate surface area is 93.2 Å². The van der Waals surface area contributed by atoms with Crippen LogP contribution in [0.4, 0.5) is 0 Å².